The molecule has 2 aromatic carbocycles. The number of fused-ring (bicyclic) bond motifs is 1. The topological polar surface area (TPSA) is 38.3 Å². The van der Waals surface area contributed by atoms with E-state index in [-0.39, 0.29) is 17.8 Å². The minimum atomic E-state index is -0.262. The first kappa shape index (κ1) is 13.6. The Morgan fingerprint density at radius 1 is 1.33 bits per heavy atom. The molecule has 0 saturated carbocycles. The minimum absolute atomic E-state index is 0.112. The number of ether oxygens (including phenoxy) is 1. The van der Waals surface area contributed by atoms with Crippen LogP contribution in [0, 0.1) is 12.7 Å². The summed E-state index contributed by atoms with van der Waals surface area (Å²) in [6.45, 7) is 2.31. The molecule has 108 valence electrons. The second kappa shape index (κ2) is 5.56. The molecule has 1 unspecified atom stereocenters. The summed E-state index contributed by atoms with van der Waals surface area (Å²) in [5.74, 6) is 0.326. The highest BCUT2D eigenvalue weighted by Crippen LogP contribution is 2.28. The highest BCUT2D eigenvalue weighted by molar-refractivity contribution is 5.95. The Morgan fingerprint density at radius 3 is 2.95 bits per heavy atom. The molecular weight excluding hydrogens is 269 g/mol. The van der Waals surface area contributed by atoms with Gasteiger partial charge in [-0.1, -0.05) is 18.2 Å². The molecule has 2 aromatic rings. The van der Waals surface area contributed by atoms with E-state index in [1.165, 1.54) is 12.1 Å². The van der Waals surface area contributed by atoms with Crippen LogP contribution in [0.5, 0.6) is 5.75 Å². The van der Waals surface area contributed by atoms with Gasteiger partial charge in [0.25, 0.3) is 5.91 Å². The smallest absolute Gasteiger partial charge is 0.251 e. The van der Waals surface area contributed by atoms with E-state index in [2.05, 4.69) is 5.32 Å². The van der Waals surface area contributed by atoms with Crippen LogP contribution < -0.4 is 10.1 Å². The quantitative estimate of drug-likeness (QED) is 0.941. The van der Waals surface area contributed by atoms with Gasteiger partial charge in [0.15, 0.2) is 0 Å². The molecule has 3 rings (SSSR count). The maximum Gasteiger partial charge on any atom is 0.251 e. The Bertz CT molecular complexity index is 684. The van der Waals surface area contributed by atoms with Gasteiger partial charge in [-0.05, 0) is 36.8 Å². The lowest BCUT2D eigenvalue weighted by molar-refractivity contribution is 0.0933. The van der Waals surface area contributed by atoms with E-state index in [0.29, 0.717) is 24.3 Å². The predicted octanol–water partition coefficient (Wildman–Crippen LogP) is 2.87. The maximum atomic E-state index is 13.1. The lowest BCUT2D eigenvalue weighted by atomic mass is 10.1. The summed E-state index contributed by atoms with van der Waals surface area (Å²) in [5, 5.41) is 2.87. The monoisotopic (exact) mass is 285 g/mol. The van der Waals surface area contributed by atoms with E-state index in [1.807, 2.05) is 25.1 Å². The third-order valence-corrected chi connectivity index (χ3v) is 3.64. The number of rotatable bonds is 3. The number of halogens is 1. The Kier molecular flexibility index (Phi) is 3.60. The SMILES string of the molecule is Cc1ccccc1C(=O)NCC1Cc2cc(F)ccc2O1. The van der Waals surface area contributed by atoms with Gasteiger partial charge in [-0.3, -0.25) is 4.79 Å². The van der Waals surface area contributed by atoms with Crippen molar-refractivity contribution in [2.24, 2.45) is 0 Å². The molecule has 3 nitrogen and oxygen atoms in total. The summed E-state index contributed by atoms with van der Waals surface area (Å²) in [6, 6.07) is 11.9. The Labute approximate surface area is 122 Å². The predicted molar refractivity (Wildman–Crippen MR) is 78.0 cm³/mol. The zero-order valence-corrected chi connectivity index (χ0v) is 11.7. The lowest BCUT2D eigenvalue weighted by Gasteiger charge is -2.12. The summed E-state index contributed by atoms with van der Waals surface area (Å²) >= 11 is 0. The standard InChI is InChI=1S/C17H16FNO2/c1-11-4-2-3-5-15(11)17(20)19-10-14-9-12-8-13(18)6-7-16(12)21-14/h2-8,14H,9-10H2,1H3,(H,19,20). The Balaban J connectivity index is 1.60. The normalized spacial score (nSPS) is 16.2. The average molecular weight is 285 g/mol. The van der Waals surface area contributed by atoms with Gasteiger partial charge in [-0.15, -0.1) is 0 Å². The van der Waals surface area contributed by atoms with Crippen molar-refractivity contribution in [2.45, 2.75) is 19.4 Å². The van der Waals surface area contributed by atoms with Gasteiger partial charge in [-0.25, -0.2) is 4.39 Å². The van der Waals surface area contributed by atoms with Crippen LogP contribution in [0.3, 0.4) is 0 Å². The molecule has 1 aliphatic heterocycles. The number of carbonyl (C=O) groups is 1. The number of nitrogens with one attached hydrogen (secondary N) is 1. The van der Waals surface area contributed by atoms with Crippen molar-refractivity contribution in [2.75, 3.05) is 6.54 Å². The number of amides is 1. The van der Waals surface area contributed by atoms with Crippen molar-refractivity contribution in [3.05, 3.63) is 65.0 Å². The van der Waals surface area contributed by atoms with Crippen molar-refractivity contribution in [1.29, 1.82) is 0 Å². The molecule has 0 spiro atoms. The van der Waals surface area contributed by atoms with Gasteiger partial charge < -0.3 is 10.1 Å². The van der Waals surface area contributed by atoms with Gasteiger partial charge in [0, 0.05) is 17.5 Å². The summed E-state index contributed by atoms with van der Waals surface area (Å²) in [7, 11) is 0. The summed E-state index contributed by atoms with van der Waals surface area (Å²) in [4.78, 5) is 12.1. The van der Waals surface area contributed by atoms with E-state index >= 15 is 0 Å². The Hall–Kier alpha value is -2.36. The molecule has 0 radical (unpaired) electrons. The first-order valence-corrected chi connectivity index (χ1v) is 6.92. The third kappa shape index (κ3) is 2.89. The summed E-state index contributed by atoms with van der Waals surface area (Å²) in [6.07, 6.45) is 0.469. The highest BCUT2D eigenvalue weighted by Gasteiger charge is 2.23. The van der Waals surface area contributed by atoms with Crippen molar-refractivity contribution in [3.63, 3.8) is 0 Å². The second-order valence-corrected chi connectivity index (χ2v) is 5.22. The molecule has 1 atom stereocenters. The van der Waals surface area contributed by atoms with E-state index in [4.69, 9.17) is 4.74 Å². The van der Waals surface area contributed by atoms with Crippen molar-refractivity contribution < 1.29 is 13.9 Å². The molecule has 0 aliphatic carbocycles. The fourth-order valence-electron chi connectivity index (χ4n) is 2.53. The number of carbonyl (C=O) groups excluding carboxylic acids is 1. The number of benzene rings is 2. The van der Waals surface area contributed by atoms with Gasteiger partial charge in [0.05, 0.1) is 6.54 Å². The highest BCUT2D eigenvalue weighted by atomic mass is 19.1. The first-order chi connectivity index (χ1) is 10.1. The van der Waals surface area contributed by atoms with Gasteiger partial charge >= 0.3 is 0 Å². The fraction of sp³-hybridized carbons (Fsp3) is 0.235. The molecule has 0 fully saturated rings. The molecular formula is C17H16FNO2. The van der Waals surface area contributed by atoms with Crippen LogP contribution >= 0.6 is 0 Å². The van der Waals surface area contributed by atoms with Crippen molar-refractivity contribution in [1.82, 2.24) is 5.32 Å². The van der Waals surface area contributed by atoms with E-state index in [9.17, 15) is 9.18 Å². The van der Waals surface area contributed by atoms with Crippen LogP contribution in [0.25, 0.3) is 0 Å². The molecule has 21 heavy (non-hydrogen) atoms. The molecule has 1 N–H and O–H groups in total. The second-order valence-electron chi connectivity index (χ2n) is 5.22. The van der Waals surface area contributed by atoms with E-state index < -0.39 is 0 Å². The molecule has 1 heterocycles. The van der Waals surface area contributed by atoms with E-state index in [1.54, 1.807) is 12.1 Å². The zero-order valence-electron chi connectivity index (χ0n) is 11.7. The van der Waals surface area contributed by atoms with Crippen LogP contribution in [0.4, 0.5) is 4.39 Å². The molecule has 0 aromatic heterocycles. The average Bonchev–Trinajstić information content (AvgIpc) is 2.87. The largest absolute Gasteiger partial charge is 0.488 e. The zero-order chi connectivity index (χ0) is 14.8. The summed E-state index contributed by atoms with van der Waals surface area (Å²) < 4.78 is 18.8. The van der Waals surface area contributed by atoms with Gasteiger partial charge in [0.1, 0.15) is 17.7 Å². The van der Waals surface area contributed by atoms with Crippen LogP contribution in [0.2, 0.25) is 0 Å². The Morgan fingerprint density at radius 2 is 2.14 bits per heavy atom. The van der Waals surface area contributed by atoms with Crippen LogP contribution in [-0.2, 0) is 6.42 Å². The van der Waals surface area contributed by atoms with Gasteiger partial charge in [0.2, 0.25) is 0 Å². The fourth-order valence-corrected chi connectivity index (χ4v) is 2.53. The number of aryl methyl sites for hydroxylation is 1. The maximum absolute atomic E-state index is 13.1. The lowest BCUT2D eigenvalue weighted by Crippen LogP contribution is -2.34. The molecule has 1 amide bonds. The first-order valence-electron chi connectivity index (χ1n) is 6.92. The van der Waals surface area contributed by atoms with Crippen LogP contribution in [0.15, 0.2) is 42.5 Å². The van der Waals surface area contributed by atoms with Crippen molar-refractivity contribution >= 4 is 5.91 Å². The molecule has 4 heteroatoms. The molecule has 0 saturated heterocycles. The minimum Gasteiger partial charge on any atom is -0.488 e. The number of hydrogen-bond acceptors (Lipinski definition) is 2. The van der Waals surface area contributed by atoms with Crippen molar-refractivity contribution in [3.8, 4) is 5.75 Å². The molecule has 1 aliphatic rings. The van der Waals surface area contributed by atoms with Gasteiger partial charge in [-0.2, -0.15) is 0 Å². The van der Waals surface area contributed by atoms with E-state index in [0.717, 1.165) is 11.1 Å². The number of hydrogen-bond donors (Lipinski definition) is 1. The van der Waals surface area contributed by atoms with Crippen LogP contribution in [0.1, 0.15) is 21.5 Å². The summed E-state index contributed by atoms with van der Waals surface area (Å²) in [5.41, 5.74) is 2.46. The van der Waals surface area contributed by atoms with Crippen LogP contribution in [-0.4, -0.2) is 18.6 Å². The molecule has 0 bridgehead atoms. The third-order valence-electron chi connectivity index (χ3n) is 3.64.